The number of piperidine rings is 1. The van der Waals surface area contributed by atoms with Crippen molar-refractivity contribution < 1.29 is 9.59 Å². The largest absolute Gasteiger partial charge is 0.326 e. The normalized spacial score (nSPS) is 18.9. The summed E-state index contributed by atoms with van der Waals surface area (Å²) in [6, 6.07) is 16.2. The van der Waals surface area contributed by atoms with Gasteiger partial charge in [0, 0.05) is 29.9 Å². The van der Waals surface area contributed by atoms with Crippen LogP contribution in [-0.2, 0) is 11.2 Å². The predicted octanol–water partition coefficient (Wildman–Crippen LogP) is 4.97. The van der Waals surface area contributed by atoms with Crippen molar-refractivity contribution in [3.63, 3.8) is 0 Å². The van der Waals surface area contributed by atoms with Crippen molar-refractivity contribution in [2.24, 2.45) is 5.92 Å². The van der Waals surface area contributed by atoms with Crippen LogP contribution in [-0.4, -0.2) is 29.4 Å². The number of hydrogen-bond acceptors (Lipinski definition) is 2. The Morgan fingerprint density at radius 2 is 1.79 bits per heavy atom. The zero-order chi connectivity index (χ0) is 20.2. The average Bonchev–Trinajstić information content (AvgIpc) is 3.57. The molecular formula is C24H29N3O2. The number of nitrogens with zero attached hydrogens (tertiary/aromatic N) is 1. The Balaban J connectivity index is 1.44. The van der Waals surface area contributed by atoms with E-state index in [0.29, 0.717) is 0 Å². The smallest absolute Gasteiger partial charge is 0.322 e. The van der Waals surface area contributed by atoms with Gasteiger partial charge in [-0.05, 0) is 68.7 Å². The molecule has 1 saturated heterocycles. The monoisotopic (exact) mass is 391 g/mol. The van der Waals surface area contributed by atoms with E-state index < -0.39 is 0 Å². The predicted molar refractivity (Wildman–Crippen MR) is 116 cm³/mol. The number of aryl methyl sites for hydroxylation is 1. The third-order valence-corrected chi connectivity index (χ3v) is 5.90. The standard InChI is InChI=1S/C24H29N3O2/c1-17-10-13-20(25-23(28)19-11-12-19)16-22(17)26-24(29)27-14-6-5-9-21(27)15-18-7-3-2-4-8-18/h2-4,7-8,10,13,16,19,21H,5-6,9,11-12,14-15H2,1H3,(H,25,28)(H,26,29). The zero-order valence-corrected chi connectivity index (χ0v) is 17.0. The summed E-state index contributed by atoms with van der Waals surface area (Å²) in [6.07, 6.45) is 6.04. The van der Waals surface area contributed by atoms with E-state index in [2.05, 4.69) is 22.8 Å². The van der Waals surface area contributed by atoms with Crippen molar-refractivity contribution in [3.8, 4) is 0 Å². The van der Waals surface area contributed by atoms with E-state index >= 15 is 0 Å². The van der Waals surface area contributed by atoms with Crippen molar-refractivity contribution in [2.45, 2.75) is 51.5 Å². The van der Waals surface area contributed by atoms with E-state index in [9.17, 15) is 9.59 Å². The molecule has 0 aromatic heterocycles. The van der Waals surface area contributed by atoms with Crippen LogP contribution in [0.4, 0.5) is 16.2 Å². The van der Waals surface area contributed by atoms with Crippen molar-refractivity contribution in [1.29, 1.82) is 0 Å². The topological polar surface area (TPSA) is 61.4 Å². The number of nitrogens with one attached hydrogen (secondary N) is 2. The van der Waals surface area contributed by atoms with Crippen LogP contribution in [0, 0.1) is 12.8 Å². The van der Waals surface area contributed by atoms with Crippen LogP contribution < -0.4 is 10.6 Å². The number of carbonyl (C=O) groups excluding carboxylic acids is 2. The molecule has 1 heterocycles. The second kappa shape index (κ2) is 8.68. The Hall–Kier alpha value is -2.82. The number of amides is 3. The summed E-state index contributed by atoms with van der Waals surface area (Å²) in [7, 11) is 0. The summed E-state index contributed by atoms with van der Waals surface area (Å²) < 4.78 is 0. The number of carbonyl (C=O) groups is 2. The number of hydrogen-bond donors (Lipinski definition) is 2. The summed E-state index contributed by atoms with van der Waals surface area (Å²) in [4.78, 5) is 27.1. The lowest BCUT2D eigenvalue weighted by molar-refractivity contribution is -0.117. The van der Waals surface area contributed by atoms with E-state index in [1.807, 2.05) is 48.2 Å². The van der Waals surface area contributed by atoms with Crippen molar-refractivity contribution in [3.05, 3.63) is 59.7 Å². The lowest BCUT2D eigenvalue weighted by Crippen LogP contribution is -2.47. The molecule has 1 aliphatic heterocycles. The van der Waals surface area contributed by atoms with E-state index in [1.165, 1.54) is 5.56 Å². The zero-order valence-electron chi connectivity index (χ0n) is 17.0. The minimum absolute atomic E-state index is 0.0561. The fraction of sp³-hybridized carbons (Fsp3) is 0.417. The maximum absolute atomic E-state index is 13.1. The molecule has 29 heavy (non-hydrogen) atoms. The number of anilines is 2. The first kappa shape index (κ1) is 19.5. The molecule has 2 N–H and O–H groups in total. The summed E-state index contributed by atoms with van der Waals surface area (Å²) in [5, 5.41) is 6.05. The van der Waals surface area contributed by atoms with Crippen LogP contribution in [0.15, 0.2) is 48.5 Å². The van der Waals surface area contributed by atoms with Gasteiger partial charge in [-0.1, -0.05) is 36.4 Å². The van der Waals surface area contributed by atoms with Gasteiger partial charge in [0.15, 0.2) is 0 Å². The SMILES string of the molecule is Cc1ccc(NC(=O)C2CC2)cc1NC(=O)N1CCCCC1Cc1ccccc1. The van der Waals surface area contributed by atoms with E-state index in [4.69, 9.17) is 0 Å². The number of rotatable bonds is 5. The summed E-state index contributed by atoms with van der Waals surface area (Å²) in [6.45, 7) is 2.75. The highest BCUT2D eigenvalue weighted by molar-refractivity contribution is 5.96. The molecular weight excluding hydrogens is 362 g/mol. The molecule has 0 radical (unpaired) electrons. The van der Waals surface area contributed by atoms with Crippen LogP contribution in [0.3, 0.4) is 0 Å². The molecule has 3 amide bonds. The summed E-state index contributed by atoms with van der Waals surface area (Å²) in [5.41, 5.74) is 3.74. The highest BCUT2D eigenvalue weighted by Crippen LogP contribution is 2.31. The molecule has 2 aliphatic rings. The molecule has 2 aromatic carbocycles. The lowest BCUT2D eigenvalue weighted by Gasteiger charge is -2.36. The molecule has 1 aliphatic carbocycles. The summed E-state index contributed by atoms with van der Waals surface area (Å²) >= 11 is 0. The van der Waals surface area contributed by atoms with E-state index in [-0.39, 0.29) is 23.9 Å². The minimum Gasteiger partial charge on any atom is -0.326 e. The lowest BCUT2D eigenvalue weighted by atomic mass is 9.96. The molecule has 0 bridgehead atoms. The Morgan fingerprint density at radius 3 is 2.55 bits per heavy atom. The quantitative estimate of drug-likeness (QED) is 0.756. The maximum atomic E-state index is 13.1. The number of benzene rings is 2. The van der Waals surface area contributed by atoms with Gasteiger partial charge >= 0.3 is 6.03 Å². The van der Waals surface area contributed by atoms with Crippen LogP contribution in [0.2, 0.25) is 0 Å². The first-order valence-electron chi connectivity index (χ1n) is 10.6. The molecule has 1 saturated carbocycles. The Bertz CT molecular complexity index is 877. The van der Waals surface area contributed by atoms with Crippen LogP contribution in [0.5, 0.6) is 0 Å². The van der Waals surface area contributed by atoms with Crippen LogP contribution in [0.25, 0.3) is 0 Å². The van der Waals surface area contributed by atoms with E-state index in [1.54, 1.807) is 0 Å². The fourth-order valence-corrected chi connectivity index (χ4v) is 3.98. The Kier molecular flexibility index (Phi) is 5.84. The Labute approximate surface area is 172 Å². The molecule has 1 atom stereocenters. The molecule has 152 valence electrons. The van der Waals surface area contributed by atoms with Gasteiger partial charge < -0.3 is 15.5 Å². The third-order valence-electron chi connectivity index (χ3n) is 5.90. The summed E-state index contributed by atoms with van der Waals surface area (Å²) in [5.74, 6) is 0.228. The maximum Gasteiger partial charge on any atom is 0.322 e. The number of likely N-dealkylation sites (tertiary alicyclic amines) is 1. The highest BCUT2D eigenvalue weighted by atomic mass is 16.2. The first-order chi connectivity index (χ1) is 14.1. The van der Waals surface area contributed by atoms with Gasteiger partial charge in [0.25, 0.3) is 0 Å². The third kappa shape index (κ3) is 4.97. The van der Waals surface area contributed by atoms with Gasteiger partial charge in [0.05, 0.1) is 0 Å². The van der Waals surface area contributed by atoms with Crippen molar-refractivity contribution in [1.82, 2.24) is 4.90 Å². The first-order valence-corrected chi connectivity index (χ1v) is 10.6. The molecule has 0 spiro atoms. The molecule has 5 nitrogen and oxygen atoms in total. The highest BCUT2D eigenvalue weighted by Gasteiger charge is 2.30. The van der Waals surface area contributed by atoms with Gasteiger partial charge in [-0.15, -0.1) is 0 Å². The van der Waals surface area contributed by atoms with E-state index in [0.717, 1.165) is 62.0 Å². The fourth-order valence-electron chi connectivity index (χ4n) is 3.98. The minimum atomic E-state index is -0.0561. The molecule has 4 rings (SSSR count). The Morgan fingerprint density at radius 1 is 1.00 bits per heavy atom. The molecule has 2 fully saturated rings. The molecule has 5 heteroatoms. The number of urea groups is 1. The van der Waals surface area contributed by atoms with Crippen molar-refractivity contribution in [2.75, 3.05) is 17.2 Å². The van der Waals surface area contributed by atoms with Crippen LogP contribution in [0.1, 0.15) is 43.2 Å². The van der Waals surface area contributed by atoms with Gasteiger partial charge in [-0.2, -0.15) is 0 Å². The van der Waals surface area contributed by atoms with Crippen LogP contribution >= 0.6 is 0 Å². The average molecular weight is 392 g/mol. The molecule has 1 unspecified atom stereocenters. The van der Waals surface area contributed by atoms with Crippen molar-refractivity contribution >= 4 is 23.3 Å². The second-order valence-electron chi connectivity index (χ2n) is 8.26. The van der Waals surface area contributed by atoms with Gasteiger partial charge in [-0.3, -0.25) is 4.79 Å². The van der Waals surface area contributed by atoms with Gasteiger partial charge in [0.1, 0.15) is 0 Å². The second-order valence-corrected chi connectivity index (χ2v) is 8.26. The van der Waals surface area contributed by atoms with Gasteiger partial charge in [0.2, 0.25) is 5.91 Å². The molecule has 2 aromatic rings. The van der Waals surface area contributed by atoms with Gasteiger partial charge in [-0.25, -0.2) is 4.79 Å².